The normalized spacial score (nSPS) is 10.8. The second-order valence-electron chi connectivity index (χ2n) is 3.61. The number of carbonyl (C=O) groups excluding carboxylic acids is 2. The van der Waals surface area contributed by atoms with Gasteiger partial charge in [0.2, 0.25) is 0 Å². The van der Waals surface area contributed by atoms with E-state index in [1.807, 2.05) is 0 Å². The van der Waals surface area contributed by atoms with E-state index in [1.54, 1.807) is 0 Å². The molecule has 114 valence electrons. The van der Waals surface area contributed by atoms with Gasteiger partial charge < -0.3 is 19.3 Å². The minimum Gasteiger partial charge on any atom is -0.460 e. The number of rotatable bonds is 7. The maximum atomic E-state index is 11.6. The Kier molecular flexibility index (Phi) is 6.26. The third-order valence-electron chi connectivity index (χ3n) is 2.05. The first-order valence-electron chi connectivity index (χ1n) is 5.63. The molecule has 0 fully saturated rings. The molecule has 21 heavy (non-hydrogen) atoms. The van der Waals surface area contributed by atoms with Crippen molar-refractivity contribution < 1.29 is 37.9 Å². The predicted molar refractivity (Wildman–Crippen MR) is 70.6 cm³/mol. The molecular weight excluding hydrogens is 303 g/mol. The highest BCUT2D eigenvalue weighted by Gasteiger charge is 2.14. The largest absolute Gasteiger partial charge is 0.469 e. The molecule has 0 spiro atoms. The van der Waals surface area contributed by atoms with Crippen LogP contribution in [0.5, 0.6) is 5.75 Å². The molecule has 0 saturated carbocycles. The van der Waals surface area contributed by atoms with Crippen molar-refractivity contribution in [2.45, 2.75) is 0 Å². The van der Waals surface area contributed by atoms with Crippen LogP contribution in [0.4, 0.5) is 0 Å². The molecule has 2 N–H and O–H groups in total. The molecule has 0 unspecified atom stereocenters. The van der Waals surface area contributed by atoms with Gasteiger partial charge in [-0.15, -0.1) is 0 Å². The number of esters is 2. The zero-order valence-corrected chi connectivity index (χ0v) is 11.7. The van der Waals surface area contributed by atoms with Crippen LogP contribution in [0.15, 0.2) is 36.9 Å². The minimum atomic E-state index is -4.57. The van der Waals surface area contributed by atoms with Crippen molar-refractivity contribution in [3.63, 3.8) is 0 Å². The number of hydrogen-bond donors (Lipinski definition) is 2. The minimum absolute atomic E-state index is 0.185. The summed E-state index contributed by atoms with van der Waals surface area (Å²) in [5.74, 6) is -1.09. The Morgan fingerprint density at radius 3 is 2.33 bits per heavy atom. The standard InChI is InChI=1S/C12H13O8P/c1-2-11(13)20-10-5-3-9(4-6-10)12(14)18-7-8-19-21(15,16)17/h2-6H,1,7-8H2,(H2,15,16,17). The fourth-order valence-corrected chi connectivity index (χ4v) is 1.50. The van der Waals surface area contributed by atoms with Gasteiger partial charge in [0.15, 0.2) is 0 Å². The number of phosphoric acid groups is 1. The first kappa shape index (κ1) is 17.1. The van der Waals surface area contributed by atoms with Gasteiger partial charge >= 0.3 is 19.8 Å². The molecule has 0 heterocycles. The summed E-state index contributed by atoms with van der Waals surface area (Å²) in [7, 11) is -4.57. The quantitative estimate of drug-likeness (QED) is 0.252. The summed E-state index contributed by atoms with van der Waals surface area (Å²) in [4.78, 5) is 39.4. The van der Waals surface area contributed by atoms with Gasteiger partial charge in [0.05, 0.1) is 12.2 Å². The van der Waals surface area contributed by atoms with Crippen LogP contribution in [0.3, 0.4) is 0 Å². The van der Waals surface area contributed by atoms with Gasteiger partial charge in [-0.1, -0.05) is 6.58 Å². The number of phosphoric ester groups is 1. The first-order chi connectivity index (χ1) is 9.81. The molecule has 0 atom stereocenters. The fourth-order valence-electron chi connectivity index (χ4n) is 1.19. The van der Waals surface area contributed by atoms with Gasteiger partial charge in [0.25, 0.3) is 0 Å². The third-order valence-corrected chi connectivity index (χ3v) is 2.57. The lowest BCUT2D eigenvalue weighted by Crippen LogP contribution is -2.10. The monoisotopic (exact) mass is 316 g/mol. The van der Waals surface area contributed by atoms with Gasteiger partial charge in [0.1, 0.15) is 12.4 Å². The predicted octanol–water partition coefficient (Wildman–Crippen LogP) is 1.04. The van der Waals surface area contributed by atoms with Crippen molar-refractivity contribution in [1.29, 1.82) is 0 Å². The molecule has 0 amide bonds. The molecule has 0 bridgehead atoms. The van der Waals surface area contributed by atoms with Crippen LogP contribution in [0.25, 0.3) is 0 Å². The van der Waals surface area contributed by atoms with E-state index in [4.69, 9.17) is 19.3 Å². The van der Waals surface area contributed by atoms with Crippen molar-refractivity contribution >= 4 is 19.8 Å². The molecule has 1 aromatic rings. The molecule has 0 aliphatic rings. The van der Waals surface area contributed by atoms with Crippen LogP contribution >= 0.6 is 7.82 Å². The molecule has 1 aromatic carbocycles. The van der Waals surface area contributed by atoms with Crippen LogP contribution in [0, 0.1) is 0 Å². The smallest absolute Gasteiger partial charge is 0.460 e. The van der Waals surface area contributed by atoms with E-state index in [1.165, 1.54) is 24.3 Å². The highest BCUT2D eigenvalue weighted by molar-refractivity contribution is 7.46. The Labute approximate surface area is 120 Å². The van der Waals surface area contributed by atoms with Crippen LogP contribution < -0.4 is 4.74 Å². The Balaban J connectivity index is 2.46. The van der Waals surface area contributed by atoms with Gasteiger partial charge in [-0.05, 0) is 24.3 Å². The van der Waals surface area contributed by atoms with Crippen molar-refractivity contribution in [1.82, 2.24) is 0 Å². The number of carbonyl (C=O) groups is 2. The van der Waals surface area contributed by atoms with Crippen LogP contribution in [-0.2, 0) is 18.6 Å². The molecule has 9 heteroatoms. The average molecular weight is 316 g/mol. The summed E-state index contributed by atoms with van der Waals surface area (Å²) in [6, 6.07) is 5.53. The average Bonchev–Trinajstić information content (AvgIpc) is 2.43. The zero-order chi connectivity index (χ0) is 15.9. The molecule has 8 nitrogen and oxygen atoms in total. The van der Waals surface area contributed by atoms with Crippen LogP contribution in [0.1, 0.15) is 10.4 Å². The van der Waals surface area contributed by atoms with Gasteiger partial charge in [-0.25, -0.2) is 14.2 Å². The van der Waals surface area contributed by atoms with E-state index in [-0.39, 0.29) is 17.9 Å². The van der Waals surface area contributed by atoms with E-state index in [2.05, 4.69) is 11.1 Å². The van der Waals surface area contributed by atoms with E-state index >= 15 is 0 Å². The topological polar surface area (TPSA) is 119 Å². The lowest BCUT2D eigenvalue weighted by molar-refractivity contribution is -0.128. The Bertz CT molecular complexity index is 559. The summed E-state index contributed by atoms with van der Waals surface area (Å²) < 4.78 is 24.0. The molecule has 0 aliphatic carbocycles. The number of benzene rings is 1. The van der Waals surface area contributed by atoms with Crippen molar-refractivity contribution in [3.05, 3.63) is 42.5 Å². The van der Waals surface area contributed by atoms with E-state index < -0.39 is 26.4 Å². The summed E-state index contributed by atoms with van der Waals surface area (Å²) in [5.41, 5.74) is 0.185. The summed E-state index contributed by atoms with van der Waals surface area (Å²) in [5, 5.41) is 0. The molecule has 0 saturated heterocycles. The first-order valence-corrected chi connectivity index (χ1v) is 7.16. The lowest BCUT2D eigenvalue weighted by atomic mass is 10.2. The van der Waals surface area contributed by atoms with Gasteiger partial charge in [-0.3, -0.25) is 4.52 Å². The number of ether oxygens (including phenoxy) is 2. The highest BCUT2D eigenvalue weighted by atomic mass is 31.2. The summed E-state index contributed by atoms with van der Waals surface area (Å²) >= 11 is 0. The molecule has 0 aliphatic heterocycles. The summed E-state index contributed by atoms with van der Waals surface area (Å²) in [6.07, 6.45) is 1.00. The van der Waals surface area contributed by atoms with Crippen LogP contribution in [-0.4, -0.2) is 34.9 Å². The second-order valence-corrected chi connectivity index (χ2v) is 4.85. The molecule has 1 rings (SSSR count). The van der Waals surface area contributed by atoms with E-state index in [0.29, 0.717) is 0 Å². The maximum absolute atomic E-state index is 11.6. The third kappa shape index (κ3) is 6.82. The lowest BCUT2D eigenvalue weighted by Gasteiger charge is -2.07. The zero-order valence-electron chi connectivity index (χ0n) is 10.8. The fraction of sp³-hybridized carbons (Fsp3) is 0.167. The van der Waals surface area contributed by atoms with E-state index in [9.17, 15) is 14.2 Å². The SMILES string of the molecule is C=CC(=O)Oc1ccc(C(=O)OCCOP(=O)(O)O)cc1. The highest BCUT2D eigenvalue weighted by Crippen LogP contribution is 2.35. The second kappa shape index (κ2) is 7.70. The maximum Gasteiger partial charge on any atom is 0.469 e. The van der Waals surface area contributed by atoms with E-state index in [0.717, 1.165) is 6.08 Å². The Morgan fingerprint density at radius 2 is 1.81 bits per heavy atom. The molecular formula is C12H13O8P. The van der Waals surface area contributed by atoms with Crippen molar-refractivity contribution in [2.75, 3.05) is 13.2 Å². The van der Waals surface area contributed by atoms with Gasteiger partial charge in [0, 0.05) is 6.08 Å². The molecule has 0 radical (unpaired) electrons. The van der Waals surface area contributed by atoms with Gasteiger partial charge in [-0.2, -0.15) is 0 Å². The Morgan fingerprint density at radius 1 is 1.19 bits per heavy atom. The molecule has 0 aromatic heterocycles. The number of hydrogen-bond acceptors (Lipinski definition) is 6. The summed E-state index contributed by atoms with van der Waals surface area (Å²) in [6.45, 7) is 2.51. The van der Waals surface area contributed by atoms with Crippen molar-refractivity contribution in [3.8, 4) is 5.75 Å². The van der Waals surface area contributed by atoms with Crippen molar-refractivity contribution in [2.24, 2.45) is 0 Å². The van der Waals surface area contributed by atoms with Crippen LogP contribution in [0.2, 0.25) is 0 Å². The Hall–Kier alpha value is -1.99.